The van der Waals surface area contributed by atoms with E-state index in [0.29, 0.717) is 34.4 Å². The molecule has 33 heteroatoms. The van der Waals surface area contributed by atoms with Gasteiger partial charge < -0.3 is 49.5 Å². The molecular weight excluding hydrogens is 1020 g/mol. The number of phenolic OH excluding ortho intramolecular Hbond substituents is 1. The average molecular weight is 1050 g/mol. The van der Waals surface area contributed by atoms with Crippen molar-refractivity contribution in [2.45, 2.75) is 49.1 Å². The van der Waals surface area contributed by atoms with Crippen LogP contribution >= 0.6 is 11.8 Å². The lowest BCUT2D eigenvalue weighted by Gasteiger charge is -2.46. The molecule has 374 valence electrons. The summed E-state index contributed by atoms with van der Waals surface area (Å²) in [6.45, 7) is -1.36. The summed E-state index contributed by atoms with van der Waals surface area (Å²) in [7, 11) is -16.2. The lowest BCUT2D eigenvalue weighted by molar-refractivity contribution is -0.282. The van der Waals surface area contributed by atoms with Crippen LogP contribution in [-0.2, 0) is 68.1 Å². The van der Waals surface area contributed by atoms with Gasteiger partial charge in [-0.15, -0.1) is 11.8 Å². The van der Waals surface area contributed by atoms with E-state index >= 15 is 0 Å². The number of ether oxygens (including phenoxy) is 3. The Bertz CT molecular complexity index is 3060. The predicted molar refractivity (Wildman–Crippen MR) is 229 cm³/mol. The zero-order chi connectivity index (χ0) is 50.7. The van der Waals surface area contributed by atoms with Crippen LogP contribution in [0.25, 0.3) is 33.4 Å². The molecule has 69 heavy (non-hydrogen) atoms. The number of aliphatic hydroxyl groups excluding tert-OH is 2. The first-order valence-corrected chi connectivity index (χ1v) is 24.3. The molecule has 3 heterocycles. The molecule has 29 nitrogen and oxygen atoms in total. The number of carbonyl (C=O) groups is 4. The number of hydrazine groups is 1. The number of aliphatic carboxylic acids is 1. The Morgan fingerprint density at radius 2 is 1.51 bits per heavy atom. The average Bonchev–Trinajstić information content (AvgIpc) is 3.23. The Morgan fingerprint density at radius 3 is 2.16 bits per heavy atom. The molecule has 2 aromatic carbocycles. The number of thioether (sulfide) groups is 1. The van der Waals surface area contributed by atoms with E-state index in [4.69, 9.17) is 18.6 Å². The van der Waals surface area contributed by atoms with Crippen molar-refractivity contribution >= 4 is 83.3 Å². The number of carboxylic acids is 2. The van der Waals surface area contributed by atoms with Crippen LogP contribution in [0.1, 0.15) is 10.4 Å². The summed E-state index contributed by atoms with van der Waals surface area (Å²) in [6.07, 6.45) is -15.7. The summed E-state index contributed by atoms with van der Waals surface area (Å²) >= 11 is 0.674. The second-order valence-electron chi connectivity index (χ2n) is 14.4. The number of aromatic carboxylic acids is 1. The highest BCUT2D eigenvalue weighted by Gasteiger charge is 2.51. The zero-order valence-electron chi connectivity index (χ0n) is 34.2. The van der Waals surface area contributed by atoms with E-state index in [1.54, 1.807) is 0 Å². The molecule has 1 unspecified atom stereocenters. The highest BCUT2D eigenvalue weighted by Crippen LogP contribution is 2.42. The number of aromatic hydroxyl groups is 1. The maximum Gasteiger partial charge on any atom is 0.397 e. The molecule has 0 spiro atoms. The molecule has 1 saturated heterocycles. The minimum Gasteiger partial charge on any atom is -0.508 e. The van der Waals surface area contributed by atoms with E-state index in [2.05, 4.69) is 19.1 Å². The SMILES string of the molecule is O=C(CSCC(=O)Nc1ccc(-c2c3ccc(=O)cc-3oc3cc(O)ccc23)c(C(=O)O)c1)NNC1O[C@H](COS(=O)(=O)O)[C@@H](O[C@@H]2OC(C(=O)O)=C[C@H](O)[C@H]2OS(=O)(=O)O)[C@H](O)[C@H]1NS(=O)(=O)O. The third kappa shape index (κ3) is 13.7. The number of nitrogens with one attached hydrogen (secondary N) is 4. The molecule has 8 atom stereocenters. The van der Waals surface area contributed by atoms with Gasteiger partial charge in [-0.3, -0.25) is 33.5 Å². The lowest BCUT2D eigenvalue weighted by Crippen LogP contribution is -2.70. The number of carboxylic acid groups (broad SMARTS) is 2. The largest absolute Gasteiger partial charge is 0.508 e. The van der Waals surface area contributed by atoms with E-state index in [1.807, 2.05) is 5.43 Å². The number of carbonyl (C=O) groups excluding carboxylic acids is 2. The van der Waals surface area contributed by atoms with Crippen molar-refractivity contribution in [1.29, 1.82) is 0 Å². The minimum absolute atomic E-state index is 0.00767. The summed E-state index contributed by atoms with van der Waals surface area (Å²) in [5.74, 6) is -7.24. The number of aliphatic hydroxyl groups is 2. The quantitative estimate of drug-likeness (QED) is 0.0280. The van der Waals surface area contributed by atoms with Gasteiger partial charge in [-0.05, 0) is 48.0 Å². The van der Waals surface area contributed by atoms with Crippen molar-refractivity contribution in [2.75, 3.05) is 23.4 Å². The number of hydrogen-bond donors (Lipinski definition) is 12. The molecule has 0 radical (unpaired) electrons. The monoisotopic (exact) mass is 1050 g/mol. The number of hydrogen-bond acceptors (Lipinski definition) is 22. The number of phenols is 1. The number of rotatable bonds is 19. The normalized spacial score (nSPS) is 23.2. The molecular formula is C36H36N4O25S4. The van der Waals surface area contributed by atoms with E-state index in [0.717, 1.165) is 6.07 Å². The minimum atomic E-state index is -5.50. The molecule has 2 aromatic rings. The molecule has 12 N–H and O–H groups in total. The highest BCUT2D eigenvalue weighted by atomic mass is 32.3. The second-order valence-corrected chi connectivity index (χ2v) is 18.7. The van der Waals surface area contributed by atoms with Gasteiger partial charge in [-0.25, -0.2) is 23.4 Å². The van der Waals surface area contributed by atoms with Crippen LogP contribution < -0.4 is 26.3 Å². The van der Waals surface area contributed by atoms with E-state index in [1.165, 1.54) is 53.3 Å². The summed E-state index contributed by atoms with van der Waals surface area (Å²) in [6, 6.07) is 9.74. The highest BCUT2D eigenvalue weighted by molar-refractivity contribution is 8.00. The van der Waals surface area contributed by atoms with Crippen LogP contribution in [0.2, 0.25) is 0 Å². The Labute approximate surface area is 391 Å². The fraction of sp³-hybridized carbons (Fsp3) is 0.306. The van der Waals surface area contributed by atoms with Gasteiger partial charge in [0.1, 0.15) is 47.7 Å². The van der Waals surface area contributed by atoms with Gasteiger partial charge in [0, 0.05) is 34.3 Å². The van der Waals surface area contributed by atoms with Crippen LogP contribution in [-0.4, -0.2) is 155 Å². The molecule has 2 amide bonds. The summed E-state index contributed by atoms with van der Waals surface area (Å²) in [5, 5.41) is 54.3. The fourth-order valence-corrected chi connectivity index (χ4v) is 8.91. The number of anilines is 1. The standard InChI is InChI=1S/C36H36N4O25S4/c41-15-2-5-18-22(8-15)61-23-9-16(42)3-6-19(23)28(18)17-4-1-14(7-20(17)34(47)48)37-26(44)12-66-13-27(45)38-39-33-29(40-67(51,52)53)30(46)32(25(62-33)11-60-68(54,55)56)64-36-31(65-69(57,58)59)21(43)10-24(63-36)35(49)50/h1-10,21,25,29-33,36,39-41,43,46H,11-13H2,(H,37,44)(H,38,45)(H,47,48)(H,49,50)(H,51,52,53)(H,54,55,56)(H,57,58,59)/t21-,25+,29+,30+,31+,32+,33?,36-/m0/s1. The number of fused-ring (bicyclic) bond motifs is 2. The molecule has 3 aliphatic heterocycles. The van der Waals surface area contributed by atoms with Crippen LogP contribution in [0.3, 0.4) is 0 Å². The van der Waals surface area contributed by atoms with Gasteiger partial charge in [0.25, 0.3) is 0 Å². The first-order chi connectivity index (χ1) is 32.2. The number of benzene rings is 3. The van der Waals surface area contributed by atoms with E-state index < -0.39 is 133 Å². The van der Waals surface area contributed by atoms with Crippen molar-refractivity contribution in [2.24, 2.45) is 0 Å². The fourth-order valence-electron chi connectivity index (χ4n) is 6.89. The first-order valence-electron chi connectivity index (χ1n) is 19.0. The maximum atomic E-state index is 12.9. The van der Waals surface area contributed by atoms with Crippen LogP contribution in [0.5, 0.6) is 5.75 Å². The van der Waals surface area contributed by atoms with Crippen molar-refractivity contribution in [3.63, 3.8) is 0 Å². The number of amides is 2. The molecule has 0 bridgehead atoms. The topological polar surface area (TPSA) is 457 Å². The molecule has 0 aromatic heterocycles. The van der Waals surface area contributed by atoms with Crippen molar-refractivity contribution in [3.05, 3.63) is 82.2 Å². The van der Waals surface area contributed by atoms with Gasteiger partial charge in [-0.1, -0.05) is 6.07 Å². The Hall–Kier alpha value is -5.89. The third-order valence-corrected chi connectivity index (χ3v) is 12.0. The van der Waals surface area contributed by atoms with Crippen LogP contribution in [0.15, 0.2) is 75.6 Å². The predicted octanol–water partition coefficient (Wildman–Crippen LogP) is -1.81. The smallest absolute Gasteiger partial charge is 0.397 e. The molecule has 4 aliphatic rings. The molecule has 1 fully saturated rings. The van der Waals surface area contributed by atoms with Crippen molar-refractivity contribution in [3.8, 4) is 28.2 Å². The van der Waals surface area contributed by atoms with Crippen molar-refractivity contribution < 1.29 is 111 Å². The van der Waals surface area contributed by atoms with Gasteiger partial charge in [-0.2, -0.15) is 30.0 Å². The van der Waals surface area contributed by atoms with E-state index in [9.17, 15) is 88.4 Å². The molecule has 1 aliphatic carbocycles. The molecule has 6 rings (SSSR count). The van der Waals surface area contributed by atoms with E-state index in [-0.39, 0.29) is 33.9 Å². The zero-order valence-corrected chi connectivity index (χ0v) is 37.4. The maximum absolute atomic E-state index is 12.9. The van der Waals surface area contributed by atoms with Crippen LogP contribution in [0.4, 0.5) is 5.69 Å². The Kier molecular flexibility index (Phi) is 16.0. The van der Waals surface area contributed by atoms with Crippen molar-refractivity contribution in [1.82, 2.24) is 15.6 Å². The van der Waals surface area contributed by atoms with Gasteiger partial charge >= 0.3 is 43.0 Å². The van der Waals surface area contributed by atoms with Gasteiger partial charge in [0.15, 0.2) is 11.5 Å². The lowest BCUT2D eigenvalue weighted by atomic mass is 9.90. The second kappa shape index (κ2) is 21.0. The summed E-state index contributed by atoms with van der Waals surface area (Å²) in [5.41, 5.74) is 4.49. The van der Waals surface area contributed by atoms with Gasteiger partial charge in [0.05, 0.1) is 29.7 Å². The Balaban J connectivity index is 1.14. The third-order valence-electron chi connectivity index (χ3n) is 9.59. The summed E-state index contributed by atoms with van der Waals surface area (Å²) in [4.78, 5) is 62.1. The Morgan fingerprint density at radius 1 is 0.812 bits per heavy atom. The first kappa shape index (κ1) is 52.5. The van der Waals surface area contributed by atoms with Gasteiger partial charge in [0.2, 0.25) is 23.9 Å². The molecule has 0 saturated carbocycles. The van der Waals surface area contributed by atoms with Crippen LogP contribution in [0, 0.1) is 0 Å². The summed E-state index contributed by atoms with van der Waals surface area (Å²) < 4.78 is 130.